The quantitative estimate of drug-likeness (QED) is 0.924. The summed E-state index contributed by atoms with van der Waals surface area (Å²) >= 11 is 1.65. The second-order valence-electron chi connectivity index (χ2n) is 4.86. The number of thiazole rings is 1. The number of aromatic nitrogens is 2. The summed E-state index contributed by atoms with van der Waals surface area (Å²) < 4.78 is 0. The predicted molar refractivity (Wildman–Crippen MR) is 84.1 cm³/mol. The van der Waals surface area contributed by atoms with E-state index in [9.17, 15) is 4.79 Å². The molecule has 6 heteroatoms. The van der Waals surface area contributed by atoms with Gasteiger partial charge in [-0.05, 0) is 25.5 Å². The van der Waals surface area contributed by atoms with E-state index < -0.39 is 0 Å². The van der Waals surface area contributed by atoms with Gasteiger partial charge in [-0.25, -0.2) is 9.78 Å². The van der Waals surface area contributed by atoms with E-state index in [0.29, 0.717) is 6.54 Å². The Kier molecular flexibility index (Phi) is 5.27. The molecule has 2 aromatic heterocycles. The van der Waals surface area contributed by atoms with Crippen molar-refractivity contribution >= 4 is 17.4 Å². The van der Waals surface area contributed by atoms with Gasteiger partial charge in [0.1, 0.15) is 5.01 Å². The fraction of sp³-hybridized carbons (Fsp3) is 0.400. The molecule has 1 atom stereocenters. The lowest BCUT2D eigenvalue weighted by atomic mass is 10.2. The largest absolute Gasteiger partial charge is 0.330 e. The van der Waals surface area contributed by atoms with Gasteiger partial charge in [-0.15, -0.1) is 11.3 Å². The number of aryl methyl sites for hydroxylation is 1. The van der Waals surface area contributed by atoms with Crippen molar-refractivity contribution in [3.63, 3.8) is 0 Å². The van der Waals surface area contributed by atoms with Gasteiger partial charge in [-0.1, -0.05) is 13.0 Å². The van der Waals surface area contributed by atoms with E-state index in [0.717, 1.165) is 17.1 Å². The van der Waals surface area contributed by atoms with Crippen LogP contribution >= 0.6 is 11.3 Å². The molecule has 0 aliphatic carbocycles. The van der Waals surface area contributed by atoms with Crippen molar-refractivity contribution < 1.29 is 4.79 Å². The number of urea groups is 1. The number of carbonyl (C=O) groups excluding carboxylic acids is 1. The summed E-state index contributed by atoms with van der Waals surface area (Å²) in [5.41, 5.74) is 0.849. The van der Waals surface area contributed by atoms with Gasteiger partial charge in [0.15, 0.2) is 0 Å². The molecule has 0 radical (unpaired) electrons. The minimum absolute atomic E-state index is 0.122. The van der Waals surface area contributed by atoms with Crippen LogP contribution in [-0.2, 0) is 13.0 Å². The van der Waals surface area contributed by atoms with Crippen molar-refractivity contribution in [2.45, 2.75) is 32.9 Å². The Morgan fingerprint density at radius 3 is 2.86 bits per heavy atom. The summed E-state index contributed by atoms with van der Waals surface area (Å²) in [5, 5.41) is 3.89. The Hall–Kier alpha value is -1.95. The van der Waals surface area contributed by atoms with E-state index in [4.69, 9.17) is 0 Å². The molecule has 0 unspecified atom stereocenters. The lowest BCUT2D eigenvalue weighted by molar-refractivity contribution is 0.203. The van der Waals surface area contributed by atoms with Gasteiger partial charge in [0.2, 0.25) is 0 Å². The minimum Gasteiger partial charge on any atom is -0.330 e. The van der Waals surface area contributed by atoms with Crippen LogP contribution < -0.4 is 5.32 Å². The molecule has 0 aliphatic rings. The topological polar surface area (TPSA) is 58.1 Å². The molecular weight excluding hydrogens is 284 g/mol. The summed E-state index contributed by atoms with van der Waals surface area (Å²) in [6, 6.07) is 5.43. The molecule has 112 valence electrons. The van der Waals surface area contributed by atoms with Crippen LogP contribution in [0.25, 0.3) is 0 Å². The van der Waals surface area contributed by atoms with E-state index in [1.165, 1.54) is 4.88 Å². The van der Waals surface area contributed by atoms with Gasteiger partial charge in [0.05, 0.1) is 18.3 Å². The molecule has 5 nitrogen and oxygen atoms in total. The Balaban J connectivity index is 1.90. The van der Waals surface area contributed by atoms with E-state index in [-0.39, 0.29) is 12.1 Å². The second kappa shape index (κ2) is 7.17. The number of carbonyl (C=O) groups is 1. The zero-order valence-corrected chi connectivity index (χ0v) is 13.4. The standard InChI is InChI=1S/C15H20N4OS/c1-4-12-9-17-14(21-12)10-19(3)15(20)18-11(2)13-7-5-6-8-16-13/h5-9,11H,4,10H2,1-3H3,(H,18,20)/t11-/m1/s1. The Bertz CT molecular complexity index is 584. The van der Waals surface area contributed by atoms with E-state index in [2.05, 4.69) is 22.2 Å². The number of amides is 2. The van der Waals surface area contributed by atoms with Crippen LogP contribution in [0.1, 0.15) is 35.5 Å². The van der Waals surface area contributed by atoms with Gasteiger partial charge in [0.25, 0.3) is 0 Å². The normalized spacial score (nSPS) is 12.0. The molecule has 0 bridgehead atoms. The average Bonchev–Trinajstić information content (AvgIpc) is 2.95. The zero-order chi connectivity index (χ0) is 15.2. The smallest absolute Gasteiger partial charge is 0.318 e. The van der Waals surface area contributed by atoms with Crippen molar-refractivity contribution in [3.8, 4) is 0 Å². The summed E-state index contributed by atoms with van der Waals surface area (Å²) in [6.45, 7) is 4.54. The molecule has 0 aromatic carbocycles. The van der Waals surface area contributed by atoms with E-state index in [1.54, 1.807) is 29.5 Å². The number of hydrogen-bond donors (Lipinski definition) is 1. The van der Waals surface area contributed by atoms with Crippen molar-refractivity contribution in [1.82, 2.24) is 20.2 Å². The molecule has 1 N–H and O–H groups in total. The first-order valence-corrected chi connectivity index (χ1v) is 7.78. The third kappa shape index (κ3) is 4.26. The van der Waals surface area contributed by atoms with Crippen molar-refractivity contribution in [2.24, 2.45) is 0 Å². The molecule has 2 aromatic rings. The first-order valence-electron chi connectivity index (χ1n) is 6.96. The summed E-state index contributed by atoms with van der Waals surface area (Å²) in [6.07, 6.45) is 4.58. The molecule has 0 fully saturated rings. The number of hydrogen-bond acceptors (Lipinski definition) is 4. The molecule has 2 amide bonds. The van der Waals surface area contributed by atoms with Gasteiger partial charge in [-0.2, -0.15) is 0 Å². The van der Waals surface area contributed by atoms with Crippen LogP contribution in [0.3, 0.4) is 0 Å². The van der Waals surface area contributed by atoms with Crippen molar-refractivity contribution in [3.05, 3.63) is 46.2 Å². The lowest BCUT2D eigenvalue weighted by Gasteiger charge is -2.20. The molecule has 2 heterocycles. The Labute approximate surface area is 129 Å². The minimum atomic E-state index is -0.124. The summed E-state index contributed by atoms with van der Waals surface area (Å²) in [7, 11) is 1.77. The molecule has 2 rings (SSSR count). The molecule has 0 saturated carbocycles. The fourth-order valence-corrected chi connectivity index (χ4v) is 2.78. The summed E-state index contributed by atoms with van der Waals surface area (Å²) in [4.78, 5) is 23.6. The Morgan fingerprint density at radius 1 is 1.43 bits per heavy atom. The van der Waals surface area contributed by atoms with E-state index >= 15 is 0 Å². The number of rotatable bonds is 5. The molecular formula is C15H20N4OS. The highest BCUT2D eigenvalue weighted by Gasteiger charge is 2.15. The first-order chi connectivity index (χ1) is 10.1. The maximum atomic E-state index is 12.2. The third-order valence-electron chi connectivity index (χ3n) is 3.14. The summed E-state index contributed by atoms with van der Waals surface area (Å²) in [5.74, 6) is 0. The van der Waals surface area contributed by atoms with Crippen molar-refractivity contribution in [1.29, 1.82) is 0 Å². The van der Waals surface area contributed by atoms with Crippen LogP contribution in [0.4, 0.5) is 4.79 Å². The van der Waals surface area contributed by atoms with Gasteiger partial charge >= 0.3 is 6.03 Å². The Morgan fingerprint density at radius 2 is 2.24 bits per heavy atom. The number of nitrogens with zero attached hydrogens (tertiary/aromatic N) is 3. The first kappa shape index (κ1) is 15.4. The second-order valence-corrected chi connectivity index (χ2v) is 6.06. The maximum Gasteiger partial charge on any atom is 0.318 e. The SMILES string of the molecule is CCc1cnc(CN(C)C(=O)N[C@H](C)c2ccccn2)s1. The number of nitrogens with one attached hydrogen (secondary N) is 1. The third-order valence-corrected chi connectivity index (χ3v) is 4.27. The van der Waals surface area contributed by atoms with Crippen LogP contribution in [0.5, 0.6) is 0 Å². The average molecular weight is 304 g/mol. The molecule has 0 saturated heterocycles. The molecule has 21 heavy (non-hydrogen) atoms. The lowest BCUT2D eigenvalue weighted by Crippen LogP contribution is -2.38. The van der Waals surface area contributed by atoms with Crippen LogP contribution in [0, 0.1) is 0 Å². The highest BCUT2D eigenvalue weighted by molar-refractivity contribution is 7.11. The van der Waals surface area contributed by atoms with Crippen LogP contribution in [-0.4, -0.2) is 27.9 Å². The fourth-order valence-electron chi connectivity index (χ4n) is 1.86. The van der Waals surface area contributed by atoms with Crippen LogP contribution in [0.15, 0.2) is 30.6 Å². The predicted octanol–water partition coefficient (Wildman–Crippen LogP) is 3.00. The van der Waals surface area contributed by atoms with Gasteiger partial charge in [0, 0.05) is 24.3 Å². The highest BCUT2D eigenvalue weighted by Crippen LogP contribution is 2.15. The number of pyridine rings is 1. The van der Waals surface area contributed by atoms with Gasteiger partial charge < -0.3 is 10.2 Å². The monoisotopic (exact) mass is 304 g/mol. The molecule has 0 spiro atoms. The van der Waals surface area contributed by atoms with Crippen LogP contribution in [0.2, 0.25) is 0 Å². The van der Waals surface area contributed by atoms with E-state index in [1.807, 2.05) is 31.3 Å². The van der Waals surface area contributed by atoms with Gasteiger partial charge in [-0.3, -0.25) is 4.98 Å². The zero-order valence-electron chi connectivity index (χ0n) is 12.5. The molecule has 0 aliphatic heterocycles. The maximum absolute atomic E-state index is 12.2. The van der Waals surface area contributed by atoms with Crippen molar-refractivity contribution in [2.75, 3.05) is 7.05 Å². The highest BCUT2D eigenvalue weighted by atomic mass is 32.1.